The monoisotopic (exact) mass is 238 g/mol. The molecule has 1 atom stereocenters. The van der Waals surface area contributed by atoms with Gasteiger partial charge in [-0.3, -0.25) is 4.79 Å². The lowest BCUT2D eigenvalue weighted by atomic mass is 9.80. The van der Waals surface area contributed by atoms with E-state index in [1.54, 1.807) is 0 Å². The Morgan fingerprint density at radius 3 is 2.62 bits per heavy atom. The number of rotatable bonds is 5. The Labute approximate surface area is 102 Å². The lowest BCUT2D eigenvalue weighted by molar-refractivity contribution is -0.133. The number of carbonyl (C=O) groups excluding carboxylic acids is 1. The molecule has 0 aliphatic heterocycles. The summed E-state index contributed by atoms with van der Waals surface area (Å²) in [6.07, 6.45) is 0.698. The third-order valence-corrected chi connectivity index (χ3v) is 3.11. The van der Waals surface area contributed by atoms with Gasteiger partial charge in [0.1, 0.15) is 0 Å². The maximum absolute atomic E-state index is 10.3. The van der Waals surface area contributed by atoms with Crippen LogP contribution >= 0.6 is 12.6 Å². The molecular formula is C13H18O2S. The predicted molar refractivity (Wildman–Crippen MR) is 67.9 cm³/mol. The highest BCUT2D eigenvalue weighted by Crippen LogP contribution is 2.33. The van der Waals surface area contributed by atoms with Gasteiger partial charge in [-0.15, -0.1) is 12.6 Å². The first-order valence-corrected chi connectivity index (χ1v) is 5.79. The minimum Gasteiger partial charge on any atom is -0.465 e. The Bertz CT molecular complexity index is 361. The second-order valence-corrected chi connectivity index (χ2v) is 5.13. The van der Waals surface area contributed by atoms with Crippen molar-refractivity contribution in [1.82, 2.24) is 0 Å². The highest BCUT2D eigenvalue weighted by Gasteiger charge is 2.25. The molecular weight excluding hydrogens is 220 g/mol. The summed E-state index contributed by atoms with van der Waals surface area (Å²) in [5, 5.41) is 0. The van der Waals surface area contributed by atoms with Crippen molar-refractivity contribution >= 4 is 19.1 Å². The van der Waals surface area contributed by atoms with E-state index in [1.165, 1.54) is 5.56 Å². The molecule has 1 unspecified atom stereocenters. The highest BCUT2D eigenvalue weighted by atomic mass is 32.1. The van der Waals surface area contributed by atoms with Crippen LogP contribution < -0.4 is 0 Å². The summed E-state index contributed by atoms with van der Waals surface area (Å²) in [7, 11) is 0. The molecule has 2 nitrogen and oxygen atoms in total. The zero-order valence-electron chi connectivity index (χ0n) is 9.93. The summed E-state index contributed by atoms with van der Waals surface area (Å²) in [6, 6.07) is 8.01. The van der Waals surface area contributed by atoms with Crippen molar-refractivity contribution < 1.29 is 9.53 Å². The van der Waals surface area contributed by atoms with Gasteiger partial charge in [0.15, 0.2) is 0 Å². The van der Waals surface area contributed by atoms with E-state index in [4.69, 9.17) is 4.74 Å². The fourth-order valence-electron chi connectivity index (χ4n) is 2.02. The lowest BCUT2D eigenvalue weighted by Gasteiger charge is -2.29. The van der Waals surface area contributed by atoms with Crippen LogP contribution in [0.4, 0.5) is 0 Å². The van der Waals surface area contributed by atoms with Crippen molar-refractivity contribution in [2.24, 2.45) is 0 Å². The van der Waals surface area contributed by atoms with Crippen molar-refractivity contribution in [3.63, 3.8) is 0 Å². The average molecular weight is 238 g/mol. The van der Waals surface area contributed by atoms with Gasteiger partial charge >= 0.3 is 0 Å². The number of carbonyl (C=O) groups is 1. The van der Waals surface area contributed by atoms with Crippen molar-refractivity contribution in [3.8, 4) is 0 Å². The molecule has 1 rings (SSSR count). The quantitative estimate of drug-likeness (QED) is 0.630. The van der Waals surface area contributed by atoms with Crippen molar-refractivity contribution in [2.45, 2.75) is 43.6 Å². The zero-order chi connectivity index (χ0) is 12.2. The van der Waals surface area contributed by atoms with Crippen LogP contribution in [0.25, 0.3) is 0 Å². The maximum Gasteiger partial charge on any atom is 0.293 e. The SMILES string of the molecule is CC(CC(C)(C)c1ccccc1S)OC=O. The summed E-state index contributed by atoms with van der Waals surface area (Å²) < 4.78 is 4.93. The molecule has 0 N–H and O–H groups in total. The molecule has 1 aromatic carbocycles. The minimum atomic E-state index is -0.0829. The Hall–Kier alpha value is -0.960. The van der Waals surface area contributed by atoms with Gasteiger partial charge in [-0.05, 0) is 30.4 Å². The van der Waals surface area contributed by atoms with Crippen molar-refractivity contribution in [2.75, 3.05) is 0 Å². The molecule has 0 spiro atoms. The highest BCUT2D eigenvalue weighted by molar-refractivity contribution is 7.80. The third-order valence-electron chi connectivity index (χ3n) is 2.72. The zero-order valence-corrected chi connectivity index (χ0v) is 10.8. The van der Waals surface area contributed by atoms with Crippen LogP contribution in [0.5, 0.6) is 0 Å². The molecule has 0 aromatic heterocycles. The lowest BCUT2D eigenvalue weighted by Crippen LogP contribution is -2.25. The summed E-state index contributed by atoms with van der Waals surface area (Å²) in [4.78, 5) is 11.2. The van der Waals surface area contributed by atoms with Crippen LogP contribution in [0.15, 0.2) is 29.2 Å². The third kappa shape index (κ3) is 3.27. The Balaban J connectivity index is 2.85. The van der Waals surface area contributed by atoms with Crippen LogP contribution in [-0.2, 0) is 14.9 Å². The van der Waals surface area contributed by atoms with Crippen LogP contribution in [0, 0.1) is 0 Å². The normalized spacial score (nSPS) is 13.2. The molecule has 0 amide bonds. The van der Waals surface area contributed by atoms with Crippen LogP contribution in [0.2, 0.25) is 0 Å². The number of hydrogen-bond acceptors (Lipinski definition) is 3. The van der Waals surface area contributed by atoms with E-state index in [0.717, 1.165) is 11.3 Å². The molecule has 88 valence electrons. The van der Waals surface area contributed by atoms with E-state index in [0.29, 0.717) is 6.47 Å². The molecule has 0 saturated heterocycles. The Morgan fingerprint density at radius 1 is 1.44 bits per heavy atom. The molecule has 0 heterocycles. The number of hydrogen-bond donors (Lipinski definition) is 1. The molecule has 1 aromatic rings. The van der Waals surface area contributed by atoms with Gasteiger partial charge < -0.3 is 4.74 Å². The molecule has 0 aliphatic carbocycles. The molecule has 0 fully saturated rings. The summed E-state index contributed by atoms with van der Waals surface area (Å²) in [5.74, 6) is 0. The van der Waals surface area contributed by atoms with Gasteiger partial charge in [0.05, 0.1) is 6.10 Å². The van der Waals surface area contributed by atoms with E-state index in [-0.39, 0.29) is 11.5 Å². The van der Waals surface area contributed by atoms with E-state index in [1.807, 2.05) is 25.1 Å². The second-order valence-electron chi connectivity index (χ2n) is 4.65. The average Bonchev–Trinajstić information content (AvgIpc) is 2.17. The number of thiol groups is 1. The topological polar surface area (TPSA) is 26.3 Å². The van der Waals surface area contributed by atoms with E-state index in [2.05, 4.69) is 32.5 Å². The first kappa shape index (κ1) is 13.1. The van der Waals surface area contributed by atoms with Crippen LogP contribution in [0.1, 0.15) is 32.8 Å². The standard InChI is InChI=1S/C13H18O2S/c1-10(15-9-14)8-13(2,3)11-6-4-5-7-12(11)16/h4-7,9-10,16H,8H2,1-3H3. The largest absolute Gasteiger partial charge is 0.465 e. The number of benzene rings is 1. The van der Waals surface area contributed by atoms with E-state index < -0.39 is 0 Å². The molecule has 0 aliphatic rings. The Morgan fingerprint density at radius 2 is 2.06 bits per heavy atom. The summed E-state index contributed by atoms with van der Waals surface area (Å²) in [5.41, 5.74) is 1.13. The van der Waals surface area contributed by atoms with E-state index >= 15 is 0 Å². The first-order valence-electron chi connectivity index (χ1n) is 5.35. The molecule has 0 bridgehead atoms. The summed E-state index contributed by atoms with van der Waals surface area (Å²) in [6.45, 7) is 6.67. The molecule has 0 radical (unpaired) electrons. The number of ether oxygens (including phenoxy) is 1. The van der Waals surface area contributed by atoms with E-state index in [9.17, 15) is 4.79 Å². The maximum atomic E-state index is 10.3. The smallest absolute Gasteiger partial charge is 0.293 e. The van der Waals surface area contributed by atoms with Gasteiger partial charge in [-0.25, -0.2) is 0 Å². The van der Waals surface area contributed by atoms with Crippen LogP contribution in [0.3, 0.4) is 0 Å². The van der Waals surface area contributed by atoms with Crippen molar-refractivity contribution in [3.05, 3.63) is 29.8 Å². The van der Waals surface area contributed by atoms with Crippen molar-refractivity contribution in [1.29, 1.82) is 0 Å². The van der Waals surface area contributed by atoms with Crippen LogP contribution in [-0.4, -0.2) is 12.6 Å². The van der Waals surface area contributed by atoms with Gasteiger partial charge in [0, 0.05) is 4.90 Å². The summed E-state index contributed by atoms with van der Waals surface area (Å²) >= 11 is 4.46. The van der Waals surface area contributed by atoms with Gasteiger partial charge in [0.25, 0.3) is 6.47 Å². The van der Waals surface area contributed by atoms with Gasteiger partial charge in [0.2, 0.25) is 0 Å². The minimum absolute atomic E-state index is 0.0548. The fourth-order valence-corrected chi connectivity index (χ4v) is 2.48. The Kier molecular flexibility index (Phi) is 4.42. The fraction of sp³-hybridized carbons (Fsp3) is 0.462. The second kappa shape index (κ2) is 5.39. The molecule has 0 saturated carbocycles. The first-order chi connectivity index (χ1) is 7.47. The van der Waals surface area contributed by atoms with Gasteiger partial charge in [-0.2, -0.15) is 0 Å². The van der Waals surface area contributed by atoms with Gasteiger partial charge in [-0.1, -0.05) is 32.0 Å². The predicted octanol–water partition coefficient (Wildman–Crippen LogP) is 3.20. The molecule has 16 heavy (non-hydrogen) atoms. The molecule has 3 heteroatoms.